The van der Waals surface area contributed by atoms with E-state index in [1.807, 2.05) is 28.8 Å². The number of benzene rings is 1. The van der Waals surface area contributed by atoms with Gasteiger partial charge in [0.05, 0.1) is 24.7 Å². The highest BCUT2D eigenvalue weighted by Gasteiger charge is 2.27. The maximum atomic E-state index is 12.3. The molecule has 0 unspecified atom stereocenters. The quantitative estimate of drug-likeness (QED) is 0.484. The van der Waals surface area contributed by atoms with Crippen molar-refractivity contribution in [1.29, 1.82) is 0 Å². The Morgan fingerprint density at radius 3 is 2.72 bits per heavy atom. The average Bonchev–Trinajstić information content (AvgIpc) is 3.21. The molecular formula is C21H17F3N6O2. The highest BCUT2D eigenvalue weighted by atomic mass is 19.4. The number of hydrogen-bond acceptors (Lipinski definition) is 5. The van der Waals surface area contributed by atoms with Gasteiger partial charge in [-0.3, -0.25) is 4.40 Å². The van der Waals surface area contributed by atoms with Gasteiger partial charge < -0.3 is 15.4 Å². The minimum absolute atomic E-state index is 0.349. The summed E-state index contributed by atoms with van der Waals surface area (Å²) < 4.78 is 43.8. The molecule has 2 N–H and O–H groups in total. The van der Waals surface area contributed by atoms with Gasteiger partial charge in [0.25, 0.3) is 0 Å². The van der Waals surface area contributed by atoms with Crippen LogP contribution in [0.15, 0.2) is 61.2 Å². The molecule has 8 nitrogen and oxygen atoms in total. The third-order valence-corrected chi connectivity index (χ3v) is 4.53. The van der Waals surface area contributed by atoms with Crippen molar-refractivity contribution in [2.45, 2.75) is 6.18 Å². The normalized spacial score (nSPS) is 11.4. The van der Waals surface area contributed by atoms with E-state index in [9.17, 15) is 18.0 Å². The minimum Gasteiger partial charge on any atom is -0.481 e. The van der Waals surface area contributed by atoms with Gasteiger partial charge in [0.2, 0.25) is 5.88 Å². The Balaban J connectivity index is 1.57. The van der Waals surface area contributed by atoms with Crippen LogP contribution in [-0.4, -0.2) is 45.2 Å². The van der Waals surface area contributed by atoms with Crippen LogP contribution in [0.4, 0.5) is 23.7 Å². The molecule has 0 aliphatic carbocycles. The van der Waals surface area contributed by atoms with Crippen LogP contribution in [-0.2, 0) is 0 Å². The van der Waals surface area contributed by atoms with Crippen LogP contribution in [0.25, 0.3) is 28.2 Å². The zero-order valence-corrected chi connectivity index (χ0v) is 16.7. The van der Waals surface area contributed by atoms with Crippen LogP contribution < -0.4 is 15.4 Å². The number of nitrogens with one attached hydrogen (secondary N) is 2. The first-order valence-corrected chi connectivity index (χ1v) is 9.38. The average molecular weight is 442 g/mol. The van der Waals surface area contributed by atoms with E-state index in [2.05, 4.69) is 20.3 Å². The summed E-state index contributed by atoms with van der Waals surface area (Å²) in [6.07, 6.45) is 0.435. The van der Waals surface area contributed by atoms with Crippen molar-refractivity contribution in [2.24, 2.45) is 0 Å². The van der Waals surface area contributed by atoms with Crippen LogP contribution in [0.2, 0.25) is 0 Å². The van der Waals surface area contributed by atoms with Gasteiger partial charge in [-0.05, 0) is 24.3 Å². The fourth-order valence-electron chi connectivity index (χ4n) is 3.07. The molecule has 0 bridgehead atoms. The number of amides is 2. The predicted molar refractivity (Wildman–Crippen MR) is 111 cm³/mol. The van der Waals surface area contributed by atoms with E-state index in [1.165, 1.54) is 13.4 Å². The lowest BCUT2D eigenvalue weighted by atomic mass is 10.1. The first-order chi connectivity index (χ1) is 15.3. The number of imidazole rings is 1. The Labute approximate surface area is 180 Å². The minimum atomic E-state index is -4.48. The van der Waals surface area contributed by atoms with E-state index in [0.717, 1.165) is 16.8 Å². The fraction of sp³-hybridized carbons (Fsp3) is 0.143. The molecule has 2 amide bonds. The Bertz CT molecular complexity index is 1270. The van der Waals surface area contributed by atoms with Crippen LogP contribution in [0.3, 0.4) is 0 Å². The molecule has 4 rings (SSSR count). The number of ether oxygens (including phenoxy) is 1. The number of hydrogen-bond donors (Lipinski definition) is 2. The van der Waals surface area contributed by atoms with Crippen molar-refractivity contribution in [1.82, 2.24) is 24.7 Å². The van der Waals surface area contributed by atoms with Gasteiger partial charge in [0, 0.05) is 29.1 Å². The predicted octanol–water partition coefficient (Wildman–Crippen LogP) is 4.15. The van der Waals surface area contributed by atoms with Crippen LogP contribution in [0, 0.1) is 0 Å². The number of carbonyl (C=O) groups is 1. The van der Waals surface area contributed by atoms with Crippen molar-refractivity contribution < 1.29 is 22.7 Å². The summed E-state index contributed by atoms with van der Waals surface area (Å²) in [5.41, 5.74) is 3.99. The highest BCUT2D eigenvalue weighted by molar-refractivity contribution is 5.90. The lowest BCUT2D eigenvalue weighted by Crippen LogP contribution is -2.36. The lowest BCUT2D eigenvalue weighted by molar-refractivity contribution is -0.122. The van der Waals surface area contributed by atoms with E-state index in [0.29, 0.717) is 22.9 Å². The monoisotopic (exact) mass is 442 g/mol. The standard InChI is InChI=1S/C21H17F3N6O2/c1-32-19-9-16(27-12-28-19)13-5-6-30-17(10-25-18(30)8-13)14-3-2-4-15(7-14)29-20(31)26-11-21(22,23)24/h2-10,12H,11H2,1H3,(H2,26,29,31). The van der Waals surface area contributed by atoms with Gasteiger partial charge in [0.15, 0.2) is 0 Å². The van der Waals surface area contributed by atoms with Crippen molar-refractivity contribution >= 4 is 17.4 Å². The number of alkyl halides is 3. The van der Waals surface area contributed by atoms with Gasteiger partial charge in [0.1, 0.15) is 18.5 Å². The number of halogens is 3. The first kappa shape index (κ1) is 21.1. The highest BCUT2D eigenvalue weighted by Crippen LogP contribution is 2.27. The van der Waals surface area contributed by atoms with Gasteiger partial charge >= 0.3 is 12.2 Å². The number of rotatable bonds is 5. The number of methoxy groups -OCH3 is 1. The second kappa shape index (κ2) is 8.53. The molecule has 3 aromatic heterocycles. The Morgan fingerprint density at radius 2 is 1.94 bits per heavy atom. The molecule has 0 fully saturated rings. The van der Waals surface area contributed by atoms with Crippen molar-refractivity contribution in [3.05, 3.63) is 61.2 Å². The van der Waals surface area contributed by atoms with E-state index < -0.39 is 18.8 Å². The van der Waals surface area contributed by atoms with E-state index in [-0.39, 0.29) is 0 Å². The maximum Gasteiger partial charge on any atom is 0.405 e. The number of fused-ring (bicyclic) bond motifs is 1. The van der Waals surface area contributed by atoms with Crippen LogP contribution in [0.5, 0.6) is 5.88 Å². The van der Waals surface area contributed by atoms with E-state index in [1.54, 1.807) is 35.8 Å². The Kier molecular flexibility index (Phi) is 5.63. The summed E-state index contributed by atoms with van der Waals surface area (Å²) in [5.74, 6) is 0.447. The van der Waals surface area contributed by atoms with E-state index in [4.69, 9.17) is 4.74 Å². The molecule has 4 aromatic rings. The number of urea groups is 1. The molecule has 164 valence electrons. The Hall–Kier alpha value is -4.15. The zero-order valence-electron chi connectivity index (χ0n) is 16.7. The Morgan fingerprint density at radius 1 is 1.09 bits per heavy atom. The molecule has 0 radical (unpaired) electrons. The SMILES string of the molecule is COc1cc(-c2ccn3c(-c4cccc(NC(=O)NCC(F)(F)F)c4)cnc3c2)ncn1. The zero-order chi connectivity index (χ0) is 22.7. The van der Waals surface area contributed by atoms with Crippen molar-refractivity contribution in [3.8, 4) is 28.4 Å². The van der Waals surface area contributed by atoms with Gasteiger partial charge in [-0.1, -0.05) is 12.1 Å². The topological polar surface area (TPSA) is 93.4 Å². The van der Waals surface area contributed by atoms with Gasteiger partial charge in [-0.25, -0.2) is 19.7 Å². The molecule has 0 aliphatic heterocycles. The summed E-state index contributed by atoms with van der Waals surface area (Å²) in [6.45, 7) is -1.41. The van der Waals surface area contributed by atoms with Crippen molar-refractivity contribution in [3.63, 3.8) is 0 Å². The number of pyridine rings is 1. The van der Waals surface area contributed by atoms with Crippen LogP contribution in [0.1, 0.15) is 0 Å². The molecule has 11 heteroatoms. The van der Waals surface area contributed by atoms with E-state index >= 15 is 0 Å². The number of carbonyl (C=O) groups excluding carboxylic acids is 1. The smallest absolute Gasteiger partial charge is 0.405 e. The molecule has 0 atom stereocenters. The van der Waals surface area contributed by atoms with Gasteiger partial charge in [-0.2, -0.15) is 13.2 Å². The second-order valence-corrected chi connectivity index (χ2v) is 6.74. The summed E-state index contributed by atoms with van der Waals surface area (Å²) in [7, 11) is 1.53. The molecule has 3 heterocycles. The van der Waals surface area contributed by atoms with Crippen molar-refractivity contribution in [2.75, 3.05) is 19.0 Å². The van der Waals surface area contributed by atoms with Crippen LogP contribution >= 0.6 is 0 Å². The third-order valence-electron chi connectivity index (χ3n) is 4.53. The lowest BCUT2D eigenvalue weighted by Gasteiger charge is -2.11. The van der Waals surface area contributed by atoms with Gasteiger partial charge in [-0.15, -0.1) is 0 Å². The molecule has 0 aliphatic rings. The number of aromatic nitrogens is 4. The second-order valence-electron chi connectivity index (χ2n) is 6.74. The number of nitrogens with zero attached hydrogens (tertiary/aromatic N) is 4. The molecule has 0 saturated carbocycles. The molecule has 0 spiro atoms. The third kappa shape index (κ3) is 4.77. The first-order valence-electron chi connectivity index (χ1n) is 9.38. The summed E-state index contributed by atoms with van der Waals surface area (Å²) in [5, 5.41) is 4.17. The summed E-state index contributed by atoms with van der Waals surface area (Å²) in [6, 6.07) is 11.2. The molecule has 0 saturated heterocycles. The fourth-order valence-corrected chi connectivity index (χ4v) is 3.07. The molecule has 1 aromatic carbocycles. The largest absolute Gasteiger partial charge is 0.481 e. The summed E-state index contributed by atoms with van der Waals surface area (Å²) in [4.78, 5) is 24.4. The molecular weight excluding hydrogens is 425 g/mol. The summed E-state index contributed by atoms with van der Waals surface area (Å²) >= 11 is 0. The molecule has 32 heavy (non-hydrogen) atoms. The number of anilines is 1. The maximum absolute atomic E-state index is 12.3.